The van der Waals surface area contributed by atoms with Crippen molar-refractivity contribution in [1.82, 2.24) is 15.3 Å². The SMILES string of the molecule is CCc1cccc(CC)c1Nc1ncc(C(=O)NCC2CCCO2)cn1. The van der Waals surface area contributed by atoms with Crippen LogP contribution in [0.15, 0.2) is 30.6 Å². The fourth-order valence-electron chi connectivity index (χ4n) is 3.14. The molecule has 1 aliphatic heterocycles. The first-order valence-corrected chi connectivity index (χ1v) is 9.30. The molecule has 0 aliphatic carbocycles. The minimum atomic E-state index is -0.171. The number of aromatic nitrogens is 2. The van der Waals surface area contributed by atoms with Gasteiger partial charge in [-0.2, -0.15) is 0 Å². The number of aryl methyl sites for hydroxylation is 2. The topological polar surface area (TPSA) is 76.1 Å². The molecule has 2 heterocycles. The molecule has 1 amide bonds. The molecule has 0 saturated carbocycles. The van der Waals surface area contributed by atoms with Crippen molar-refractivity contribution < 1.29 is 9.53 Å². The third kappa shape index (κ3) is 4.38. The second-order valence-electron chi connectivity index (χ2n) is 6.42. The predicted octanol–water partition coefficient (Wildman–Crippen LogP) is 3.25. The molecular weight excluding hydrogens is 328 g/mol. The standard InChI is InChI=1S/C20H26N4O2/c1-3-14-7-5-8-15(4-2)18(14)24-20-22-11-16(12-23-20)19(25)21-13-17-9-6-10-26-17/h5,7-8,11-12,17H,3-4,6,9-10,13H2,1-2H3,(H,21,25)(H,22,23,24). The van der Waals surface area contributed by atoms with Crippen molar-refractivity contribution in [3.05, 3.63) is 47.3 Å². The summed E-state index contributed by atoms with van der Waals surface area (Å²) in [7, 11) is 0. The Kier molecular flexibility index (Phi) is 6.17. The molecule has 1 aromatic heterocycles. The summed E-state index contributed by atoms with van der Waals surface area (Å²) < 4.78 is 5.51. The monoisotopic (exact) mass is 354 g/mol. The molecule has 0 radical (unpaired) electrons. The smallest absolute Gasteiger partial charge is 0.254 e. The van der Waals surface area contributed by atoms with E-state index in [2.05, 4.69) is 52.6 Å². The Labute approximate surface area is 154 Å². The van der Waals surface area contributed by atoms with E-state index in [4.69, 9.17) is 4.74 Å². The Morgan fingerprint density at radius 3 is 2.46 bits per heavy atom. The van der Waals surface area contributed by atoms with Gasteiger partial charge in [-0.25, -0.2) is 9.97 Å². The van der Waals surface area contributed by atoms with E-state index >= 15 is 0 Å². The van der Waals surface area contributed by atoms with Crippen LogP contribution in [0.2, 0.25) is 0 Å². The molecule has 1 atom stereocenters. The maximum Gasteiger partial charge on any atom is 0.254 e. The summed E-state index contributed by atoms with van der Waals surface area (Å²) >= 11 is 0. The van der Waals surface area contributed by atoms with Crippen molar-refractivity contribution in [2.45, 2.75) is 45.6 Å². The number of benzene rings is 1. The number of hydrogen-bond donors (Lipinski definition) is 2. The van der Waals surface area contributed by atoms with E-state index in [1.165, 1.54) is 11.1 Å². The van der Waals surface area contributed by atoms with Crippen LogP contribution in [0, 0.1) is 0 Å². The van der Waals surface area contributed by atoms with Gasteiger partial charge in [-0.1, -0.05) is 32.0 Å². The second-order valence-corrected chi connectivity index (χ2v) is 6.42. The van der Waals surface area contributed by atoms with Gasteiger partial charge in [0, 0.05) is 31.2 Å². The highest BCUT2D eigenvalue weighted by atomic mass is 16.5. The lowest BCUT2D eigenvalue weighted by atomic mass is 10.0. The van der Waals surface area contributed by atoms with Gasteiger partial charge in [0.1, 0.15) is 0 Å². The van der Waals surface area contributed by atoms with E-state index in [0.717, 1.165) is 38.0 Å². The second kappa shape index (κ2) is 8.76. The van der Waals surface area contributed by atoms with Crippen LogP contribution in [0.1, 0.15) is 48.2 Å². The van der Waals surface area contributed by atoms with Crippen molar-refractivity contribution in [3.63, 3.8) is 0 Å². The molecule has 6 nitrogen and oxygen atoms in total. The molecule has 1 unspecified atom stereocenters. The Morgan fingerprint density at radius 2 is 1.88 bits per heavy atom. The van der Waals surface area contributed by atoms with Crippen molar-refractivity contribution in [3.8, 4) is 0 Å². The first-order valence-electron chi connectivity index (χ1n) is 9.30. The highest BCUT2D eigenvalue weighted by Crippen LogP contribution is 2.25. The summed E-state index contributed by atoms with van der Waals surface area (Å²) in [6.07, 6.45) is 7.15. The number of hydrogen-bond acceptors (Lipinski definition) is 5. The molecule has 2 aromatic rings. The van der Waals surface area contributed by atoms with Gasteiger partial charge in [0.2, 0.25) is 5.95 Å². The van der Waals surface area contributed by atoms with E-state index < -0.39 is 0 Å². The van der Waals surface area contributed by atoms with Gasteiger partial charge in [0.25, 0.3) is 5.91 Å². The minimum absolute atomic E-state index is 0.124. The molecule has 1 aromatic carbocycles. The highest BCUT2D eigenvalue weighted by molar-refractivity contribution is 5.93. The predicted molar refractivity (Wildman–Crippen MR) is 102 cm³/mol. The zero-order chi connectivity index (χ0) is 18.4. The van der Waals surface area contributed by atoms with Crippen LogP contribution in [-0.4, -0.2) is 35.1 Å². The third-order valence-corrected chi connectivity index (χ3v) is 4.66. The van der Waals surface area contributed by atoms with Crippen molar-refractivity contribution in [2.75, 3.05) is 18.5 Å². The quantitative estimate of drug-likeness (QED) is 0.798. The first-order chi connectivity index (χ1) is 12.7. The van der Waals surface area contributed by atoms with Crippen molar-refractivity contribution >= 4 is 17.5 Å². The number of amides is 1. The van der Waals surface area contributed by atoms with Crippen LogP contribution in [0.25, 0.3) is 0 Å². The molecule has 3 rings (SSSR count). The van der Waals surface area contributed by atoms with E-state index in [0.29, 0.717) is 18.1 Å². The van der Waals surface area contributed by atoms with Crippen molar-refractivity contribution in [1.29, 1.82) is 0 Å². The van der Waals surface area contributed by atoms with Gasteiger partial charge in [-0.15, -0.1) is 0 Å². The number of anilines is 2. The lowest BCUT2D eigenvalue weighted by Crippen LogP contribution is -2.31. The van der Waals surface area contributed by atoms with Crippen molar-refractivity contribution in [2.24, 2.45) is 0 Å². The number of rotatable bonds is 7. The number of ether oxygens (including phenoxy) is 1. The molecule has 2 N–H and O–H groups in total. The summed E-state index contributed by atoms with van der Waals surface area (Å²) in [6, 6.07) is 6.29. The van der Waals surface area contributed by atoms with Crippen LogP contribution >= 0.6 is 0 Å². The number of carbonyl (C=O) groups is 1. The average Bonchev–Trinajstić information content (AvgIpc) is 3.20. The molecular formula is C20H26N4O2. The maximum absolute atomic E-state index is 12.2. The Bertz CT molecular complexity index is 718. The molecule has 138 valence electrons. The van der Waals surface area contributed by atoms with Crippen LogP contribution < -0.4 is 10.6 Å². The number of nitrogens with one attached hydrogen (secondary N) is 2. The Hall–Kier alpha value is -2.47. The van der Waals surface area contributed by atoms with Crippen LogP contribution in [-0.2, 0) is 17.6 Å². The molecule has 1 saturated heterocycles. The fraction of sp³-hybridized carbons (Fsp3) is 0.450. The van der Waals surface area contributed by atoms with E-state index in [9.17, 15) is 4.79 Å². The zero-order valence-electron chi connectivity index (χ0n) is 15.4. The molecule has 0 spiro atoms. The number of carbonyl (C=O) groups excluding carboxylic acids is 1. The Morgan fingerprint density at radius 1 is 1.19 bits per heavy atom. The van der Waals surface area contributed by atoms with E-state index in [1.54, 1.807) is 12.4 Å². The lowest BCUT2D eigenvalue weighted by Gasteiger charge is -2.14. The zero-order valence-corrected chi connectivity index (χ0v) is 15.4. The number of para-hydroxylation sites is 1. The van der Waals surface area contributed by atoms with Gasteiger partial charge < -0.3 is 15.4 Å². The van der Waals surface area contributed by atoms with Gasteiger partial charge in [0.15, 0.2) is 0 Å². The maximum atomic E-state index is 12.2. The molecule has 0 bridgehead atoms. The summed E-state index contributed by atoms with van der Waals surface area (Å²) in [5.41, 5.74) is 3.97. The Balaban J connectivity index is 1.65. The summed E-state index contributed by atoms with van der Waals surface area (Å²) in [4.78, 5) is 20.8. The minimum Gasteiger partial charge on any atom is -0.376 e. The lowest BCUT2D eigenvalue weighted by molar-refractivity contribution is 0.0857. The molecule has 26 heavy (non-hydrogen) atoms. The third-order valence-electron chi connectivity index (χ3n) is 4.66. The highest BCUT2D eigenvalue weighted by Gasteiger charge is 2.17. The van der Waals surface area contributed by atoms with E-state index in [1.807, 2.05) is 0 Å². The first kappa shape index (κ1) is 18.3. The van der Waals surface area contributed by atoms with E-state index in [-0.39, 0.29) is 12.0 Å². The van der Waals surface area contributed by atoms with Crippen LogP contribution in [0.4, 0.5) is 11.6 Å². The van der Waals surface area contributed by atoms with Gasteiger partial charge in [0.05, 0.1) is 11.7 Å². The van der Waals surface area contributed by atoms with Gasteiger partial charge >= 0.3 is 0 Å². The molecule has 6 heteroatoms. The fourth-order valence-corrected chi connectivity index (χ4v) is 3.14. The normalized spacial score (nSPS) is 16.5. The summed E-state index contributed by atoms with van der Waals surface area (Å²) in [5.74, 6) is 0.325. The van der Waals surface area contributed by atoms with Gasteiger partial charge in [-0.3, -0.25) is 4.79 Å². The molecule has 1 aliphatic rings. The van der Waals surface area contributed by atoms with Crippen LogP contribution in [0.3, 0.4) is 0 Å². The number of nitrogens with zero attached hydrogens (tertiary/aromatic N) is 2. The van der Waals surface area contributed by atoms with Crippen LogP contribution in [0.5, 0.6) is 0 Å². The molecule has 1 fully saturated rings. The summed E-state index contributed by atoms with van der Waals surface area (Å²) in [5, 5.41) is 6.19. The average molecular weight is 354 g/mol. The van der Waals surface area contributed by atoms with Gasteiger partial charge in [-0.05, 0) is 36.8 Å². The largest absolute Gasteiger partial charge is 0.376 e. The summed E-state index contributed by atoms with van der Waals surface area (Å²) in [6.45, 7) is 5.57.